The number of aliphatic hydroxyl groups excluding tert-OH is 1. The number of carbonyl (C=O) groups is 2. The molecule has 0 radical (unpaired) electrons. The predicted molar refractivity (Wildman–Crippen MR) is 53.4 cm³/mol. The normalized spacial score (nSPS) is 11.8. The molecule has 9 nitrogen and oxygen atoms in total. The second-order valence-electron chi connectivity index (χ2n) is 3.06. The first-order valence-electron chi connectivity index (χ1n) is 4.43. The molecule has 0 fully saturated rings. The van der Waals surface area contributed by atoms with Gasteiger partial charge in [0.1, 0.15) is 0 Å². The first-order chi connectivity index (χ1) is 7.95. The molecule has 9 heteroatoms. The van der Waals surface area contributed by atoms with Gasteiger partial charge in [-0.15, -0.1) is 0 Å². The van der Waals surface area contributed by atoms with Crippen LogP contribution in [-0.4, -0.2) is 44.6 Å². The van der Waals surface area contributed by atoms with Gasteiger partial charge in [-0.2, -0.15) is 0 Å². The van der Waals surface area contributed by atoms with Crippen molar-refractivity contribution in [1.82, 2.24) is 10.3 Å². The Balaban J connectivity index is 2.75. The van der Waals surface area contributed by atoms with Crippen molar-refractivity contribution in [2.45, 2.75) is 6.04 Å². The van der Waals surface area contributed by atoms with E-state index in [0.29, 0.717) is 0 Å². The number of nitro groups is 1. The topological polar surface area (TPSA) is 146 Å². The average molecular weight is 243 g/mol. The number of nitrogens with one attached hydrogen (secondary N) is 2. The van der Waals surface area contributed by atoms with Crippen molar-refractivity contribution < 1.29 is 24.7 Å². The SMILES string of the molecule is O=C(N[C@@H](CO)C(=O)O)c1ccc([N+](=O)[O-])[nH]1. The van der Waals surface area contributed by atoms with Crippen molar-refractivity contribution in [2.24, 2.45) is 0 Å². The highest BCUT2D eigenvalue weighted by Gasteiger charge is 2.22. The minimum atomic E-state index is -1.45. The lowest BCUT2D eigenvalue weighted by Gasteiger charge is -2.09. The summed E-state index contributed by atoms with van der Waals surface area (Å²) in [7, 11) is 0. The molecule has 0 aliphatic rings. The quantitative estimate of drug-likeness (QED) is 0.389. The van der Waals surface area contributed by atoms with Crippen molar-refractivity contribution >= 4 is 17.7 Å². The van der Waals surface area contributed by atoms with Gasteiger partial charge in [0.2, 0.25) is 0 Å². The molecule has 0 unspecified atom stereocenters. The summed E-state index contributed by atoms with van der Waals surface area (Å²) in [5.74, 6) is -2.63. The molecule has 0 aliphatic carbocycles. The summed E-state index contributed by atoms with van der Waals surface area (Å²) >= 11 is 0. The van der Waals surface area contributed by atoms with Crippen LogP contribution in [-0.2, 0) is 4.79 Å². The van der Waals surface area contributed by atoms with E-state index in [2.05, 4.69) is 4.98 Å². The molecule has 0 spiro atoms. The highest BCUT2D eigenvalue weighted by molar-refractivity contribution is 5.95. The number of aromatic amines is 1. The number of carboxylic acids is 1. The number of carboxylic acid groups (broad SMARTS) is 1. The maximum atomic E-state index is 11.4. The highest BCUT2D eigenvalue weighted by atomic mass is 16.6. The molecule has 0 aliphatic heterocycles. The van der Waals surface area contributed by atoms with Crippen molar-refractivity contribution in [3.8, 4) is 0 Å². The summed E-state index contributed by atoms with van der Waals surface area (Å²) in [6.07, 6.45) is 0. The Labute approximate surface area is 94.2 Å². The molecule has 0 bridgehead atoms. The number of carbonyl (C=O) groups excluding carboxylic acids is 1. The molecule has 1 aromatic heterocycles. The largest absolute Gasteiger partial charge is 0.480 e. The van der Waals surface area contributed by atoms with Crippen LogP contribution in [0.4, 0.5) is 5.82 Å². The first kappa shape index (κ1) is 12.6. The zero-order valence-electron chi connectivity index (χ0n) is 8.41. The van der Waals surface area contributed by atoms with Gasteiger partial charge in [-0.3, -0.25) is 4.79 Å². The Morgan fingerprint density at radius 1 is 1.53 bits per heavy atom. The van der Waals surface area contributed by atoms with Crippen LogP contribution in [0.2, 0.25) is 0 Å². The molecular formula is C8H9N3O6. The number of nitrogens with zero attached hydrogens (tertiary/aromatic N) is 1. The van der Waals surface area contributed by atoms with Crippen molar-refractivity contribution in [1.29, 1.82) is 0 Å². The summed E-state index contributed by atoms with van der Waals surface area (Å²) in [5.41, 5.74) is -0.156. The number of aromatic nitrogens is 1. The third kappa shape index (κ3) is 3.01. The monoisotopic (exact) mass is 243 g/mol. The Bertz CT molecular complexity index is 454. The van der Waals surface area contributed by atoms with Gasteiger partial charge in [0.25, 0.3) is 5.91 Å². The number of rotatable bonds is 5. The lowest BCUT2D eigenvalue weighted by molar-refractivity contribution is -0.389. The Kier molecular flexibility index (Phi) is 3.78. The Morgan fingerprint density at radius 3 is 2.59 bits per heavy atom. The van der Waals surface area contributed by atoms with Crippen LogP contribution in [0.25, 0.3) is 0 Å². The minimum absolute atomic E-state index is 0.156. The average Bonchev–Trinajstić information content (AvgIpc) is 2.74. The van der Waals surface area contributed by atoms with Crippen LogP contribution in [0.15, 0.2) is 12.1 Å². The first-order valence-corrected chi connectivity index (χ1v) is 4.43. The van der Waals surface area contributed by atoms with Gasteiger partial charge in [-0.1, -0.05) is 0 Å². The van der Waals surface area contributed by atoms with E-state index >= 15 is 0 Å². The van der Waals surface area contributed by atoms with E-state index in [0.717, 1.165) is 12.1 Å². The van der Waals surface area contributed by atoms with Crippen LogP contribution in [0.1, 0.15) is 10.5 Å². The van der Waals surface area contributed by atoms with Gasteiger partial charge < -0.3 is 25.6 Å². The van der Waals surface area contributed by atoms with Crippen LogP contribution < -0.4 is 5.32 Å². The van der Waals surface area contributed by atoms with Gasteiger partial charge in [0.15, 0.2) is 11.7 Å². The standard InChI is InChI=1S/C8H9N3O6/c12-3-5(8(14)15)10-7(13)4-1-2-6(9-4)11(16)17/h1-2,5,9,12H,3H2,(H,10,13)(H,14,15)/t5-/m0/s1. The molecular weight excluding hydrogens is 234 g/mol. The maximum Gasteiger partial charge on any atom is 0.328 e. The summed E-state index contributed by atoms with van der Waals surface area (Å²) in [6.45, 7) is -0.774. The fourth-order valence-electron chi connectivity index (χ4n) is 1.04. The molecule has 1 rings (SSSR count). The predicted octanol–water partition coefficient (Wildman–Crippen LogP) is -0.902. The van der Waals surface area contributed by atoms with Crippen LogP contribution in [0, 0.1) is 10.1 Å². The molecule has 1 heterocycles. The minimum Gasteiger partial charge on any atom is -0.480 e. The molecule has 0 saturated carbocycles. The van der Waals surface area contributed by atoms with Gasteiger partial charge in [0, 0.05) is 6.07 Å². The third-order valence-corrected chi connectivity index (χ3v) is 1.90. The smallest absolute Gasteiger partial charge is 0.328 e. The van der Waals surface area contributed by atoms with E-state index in [4.69, 9.17) is 10.2 Å². The van der Waals surface area contributed by atoms with E-state index in [1.807, 2.05) is 5.32 Å². The summed E-state index contributed by atoms with van der Waals surface area (Å²) < 4.78 is 0. The van der Waals surface area contributed by atoms with Crippen molar-refractivity contribution in [3.05, 3.63) is 27.9 Å². The fourth-order valence-corrected chi connectivity index (χ4v) is 1.04. The number of amides is 1. The molecule has 1 amide bonds. The number of aliphatic carboxylic acids is 1. The van der Waals surface area contributed by atoms with Crippen molar-refractivity contribution in [2.75, 3.05) is 6.61 Å². The Hall–Kier alpha value is -2.42. The molecule has 92 valence electrons. The highest BCUT2D eigenvalue weighted by Crippen LogP contribution is 2.09. The molecule has 1 atom stereocenters. The summed E-state index contributed by atoms with van der Waals surface area (Å²) in [6, 6.07) is 0.762. The number of aliphatic hydroxyl groups is 1. The molecule has 1 aromatic rings. The fraction of sp³-hybridized carbons (Fsp3) is 0.250. The molecule has 4 N–H and O–H groups in total. The lowest BCUT2D eigenvalue weighted by Crippen LogP contribution is -2.43. The van der Waals surface area contributed by atoms with Crippen LogP contribution in [0.3, 0.4) is 0 Å². The molecule has 0 saturated heterocycles. The second-order valence-corrected chi connectivity index (χ2v) is 3.06. The van der Waals surface area contributed by atoms with Gasteiger partial charge in [-0.05, 0) is 11.0 Å². The van der Waals surface area contributed by atoms with Gasteiger partial charge in [0.05, 0.1) is 6.61 Å². The zero-order chi connectivity index (χ0) is 13.0. The lowest BCUT2D eigenvalue weighted by atomic mass is 10.3. The van der Waals surface area contributed by atoms with Crippen molar-refractivity contribution in [3.63, 3.8) is 0 Å². The number of hydrogen-bond donors (Lipinski definition) is 4. The molecule has 17 heavy (non-hydrogen) atoms. The van der Waals surface area contributed by atoms with Crippen LogP contribution in [0.5, 0.6) is 0 Å². The van der Waals surface area contributed by atoms with Crippen LogP contribution >= 0.6 is 0 Å². The number of H-pyrrole nitrogens is 1. The maximum absolute atomic E-state index is 11.4. The molecule has 0 aromatic carbocycles. The second kappa shape index (κ2) is 5.07. The summed E-state index contributed by atoms with van der Waals surface area (Å²) in [5, 5.41) is 29.6. The third-order valence-electron chi connectivity index (χ3n) is 1.90. The Morgan fingerprint density at radius 2 is 2.18 bits per heavy atom. The van der Waals surface area contributed by atoms with Gasteiger partial charge in [-0.25, -0.2) is 9.78 Å². The summed E-state index contributed by atoms with van der Waals surface area (Å²) in [4.78, 5) is 33.7. The van der Waals surface area contributed by atoms with E-state index < -0.39 is 29.4 Å². The number of hydrogen-bond acceptors (Lipinski definition) is 5. The van der Waals surface area contributed by atoms with E-state index in [1.54, 1.807) is 0 Å². The van der Waals surface area contributed by atoms with E-state index in [1.165, 1.54) is 0 Å². The van der Waals surface area contributed by atoms with E-state index in [-0.39, 0.29) is 11.5 Å². The van der Waals surface area contributed by atoms with Gasteiger partial charge >= 0.3 is 11.8 Å². The van der Waals surface area contributed by atoms with E-state index in [9.17, 15) is 19.7 Å². The zero-order valence-corrected chi connectivity index (χ0v) is 8.41.